The monoisotopic (exact) mass is 238 g/mol. The van der Waals surface area contributed by atoms with Crippen LogP contribution >= 0.6 is 11.8 Å². The quantitative estimate of drug-likeness (QED) is 0.600. The lowest BCUT2D eigenvalue weighted by atomic mass is 10.2. The second kappa shape index (κ2) is 5.70. The van der Waals surface area contributed by atoms with E-state index in [1.165, 1.54) is 7.11 Å². The number of methoxy groups -OCH3 is 1. The molecule has 0 atom stereocenters. The van der Waals surface area contributed by atoms with E-state index in [9.17, 15) is 9.59 Å². The van der Waals surface area contributed by atoms with Gasteiger partial charge in [0, 0.05) is 10.8 Å². The second-order valence-corrected chi connectivity index (χ2v) is 4.67. The molecule has 1 rings (SSSR count). The van der Waals surface area contributed by atoms with Gasteiger partial charge in [0.1, 0.15) is 0 Å². The molecule has 0 N–H and O–H groups in total. The van der Waals surface area contributed by atoms with Crippen LogP contribution in [0.25, 0.3) is 0 Å². The third kappa shape index (κ3) is 3.38. The van der Waals surface area contributed by atoms with Gasteiger partial charge in [0.2, 0.25) is 0 Å². The predicted molar refractivity (Wildman–Crippen MR) is 63.5 cm³/mol. The van der Waals surface area contributed by atoms with Crippen molar-refractivity contribution in [3.8, 4) is 0 Å². The van der Waals surface area contributed by atoms with Gasteiger partial charge in [-0.15, -0.1) is 0 Å². The molecule has 16 heavy (non-hydrogen) atoms. The van der Waals surface area contributed by atoms with Crippen LogP contribution in [0.5, 0.6) is 0 Å². The normalized spacial score (nSPS) is 10.2. The Morgan fingerprint density at radius 2 is 2.00 bits per heavy atom. The number of carbonyl (C=O) groups excluding carboxylic acids is 2. The number of ether oxygens (including phenoxy) is 1. The van der Waals surface area contributed by atoms with Crippen LogP contribution in [0, 0.1) is 5.92 Å². The van der Waals surface area contributed by atoms with Crippen molar-refractivity contribution in [3.63, 3.8) is 0 Å². The largest absolute Gasteiger partial charge is 0.465 e. The highest BCUT2D eigenvalue weighted by atomic mass is 32.2. The molecule has 86 valence electrons. The zero-order chi connectivity index (χ0) is 12.1. The molecular formula is C12H14O3S. The molecule has 0 aliphatic rings. The average molecular weight is 238 g/mol. The lowest BCUT2D eigenvalue weighted by Crippen LogP contribution is -2.03. The van der Waals surface area contributed by atoms with E-state index in [2.05, 4.69) is 4.74 Å². The highest BCUT2D eigenvalue weighted by Crippen LogP contribution is 2.23. The first-order valence-corrected chi connectivity index (χ1v) is 5.76. The Bertz CT molecular complexity index is 399. The fourth-order valence-electron chi connectivity index (χ4n) is 1.04. The molecule has 1 aromatic rings. The molecule has 0 radical (unpaired) electrons. The molecular weight excluding hydrogens is 224 g/mol. The van der Waals surface area contributed by atoms with Gasteiger partial charge in [-0.3, -0.25) is 4.79 Å². The van der Waals surface area contributed by atoms with Crippen molar-refractivity contribution >= 4 is 22.8 Å². The van der Waals surface area contributed by atoms with E-state index in [-0.39, 0.29) is 17.0 Å². The Labute approximate surface area is 99.2 Å². The summed E-state index contributed by atoms with van der Waals surface area (Å²) in [5, 5.41) is 0.0852. The molecule has 3 nitrogen and oxygen atoms in total. The van der Waals surface area contributed by atoms with E-state index >= 15 is 0 Å². The molecule has 0 saturated carbocycles. The number of carbonyl (C=O) groups is 2. The van der Waals surface area contributed by atoms with Gasteiger partial charge in [-0.05, 0) is 18.2 Å². The number of hydrogen-bond acceptors (Lipinski definition) is 4. The van der Waals surface area contributed by atoms with Gasteiger partial charge < -0.3 is 4.74 Å². The van der Waals surface area contributed by atoms with Crippen molar-refractivity contribution in [2.45, 2.75) is 18.7 Å². The Morgan fingerprint density at radius 3 is 2.56 bits per heavy atom. The number of hydrogen-bond donors (Lipinski definition) is 0. The maximum absolute atomic E-state index is 11.5. The lowest BCUT2D eigenvalue weighted by Gasteiger charge is -2.05. The molecule has 0 spiro atoms. The Hall–Kier alpha value is -1.29. The van der Waals surface area contributed by atoms with Gasteiger partial charge in [-0.25, -0.2) is 4.79 Å². The van der Waals surface area contributed by atoms with Crippen molar-refractivity contribution in [2.24, 2.45) is 5.92 Å². The van der Waals surface area contributed by atoms with Crippen LogP contribution in [-0.2, 0) is 9.53 Å². The molecule has 0 aromatic heterocycles. The summed E-state index contributed by atoms with van der Waals surface area (Å²) < 4.78 is 4.61. The molecule has 0 saturated heterocycles. The van der Waals surface area contributed by atoms with E-state index < -0.39 is 0 Å². The van der Waals surface area contributed by atoms with Crippen molar-refractivity contribution < 1.29 is 14.3 Å². The minimum Gasteiger partial charge on any atom is -0.465 e. The maximum atomic E-state index is 11.5. The topological polar surface area (TPSA) is 43.4 Å². The van der Waals surface area contributed by atoms with Crippen LogP contribution in [0.3, 0.4) is 0 Å². The summed E-state index contributed by atoms with van der Waals surface area (Å²) in [4.78, 5) is 23.5. The first kappa shape index (κ1) is 12.8. The van der Waals surface area contributed by atoms with Gasteiger partial charge in [0.05, 0.1) is 12.7 Å². The van der Waals surface area contributed by atoms with Crippen LogP contribution in [0.15, 0.2) is 29.2 Å². The average Bonchev–Trinajstić information content (AvgIpc) is 2.28. The zero-order valence-electron chi connectivity index (χ0n) is 9.52. The number of thioether (sulfide) groups is 1. The van der Waals surface area contributed by atoms with E-state index in [0.29, 0.717) is 5.56 Å². The van der Waals surface area contributed by atoms with Crippen LogP contribution in [0.1, 0.15) is 24.2 Å². The third-order valence-electron chi connectivity index (χ3n) is 1.94. The second-order valence-electron chi connectivity index (χ2n) is 3.60. The molecule has 0 aliphatic carbocycles. The molecule has 0 amide bonds. The van der Waals surface area contributed by atoms with Crippen LogP contribution in [0.2, 0.25) is 0 Å². The number of benzene rings is 1. The minimum atomic E-state index is -0.389. The predicted octanol–water partition coefficient (Wildman–Crippen LogP) is 2.75. The van der Waals surface area contributed by atoms with Gasteiger partial charge in [0.15, 0.2) is 5.12 Å². The summed E-state index contributed by atoms with van der Waals surface area (Å²) in [7, 11) is 1.33. The Morgan fingerprint density at radius 1 is 1.31 bits per heavy atom. The van der Waals surface area contributed by atoms with Crippen molar-refractivity contribution in [3.05, 3.63) is 29.8 Å². The van der Waals surface area contributed by atoms with Gasteiger partial charge in [-0.2, -0.15) is 0 Å². The highest BCUT2D eigenvalue weighted by Gasteiger charge is 2.11. The molecule has 1 aromatic carbocycles. The summed E-state index contributed by atoms with van der Waals surface area (Å²) in [5.41, 5.74) is 0.462. The summed E-state index contributed by atoms with van der Waals surface area (Å²) in [6.07, 6.45) is 0. The first-order valence-electron chi connectivity index (χ1n) is 4.94. The van der Waals surface area contributed by atoms with Crippen molar-refractivity contribution in [2.75, 3.05) is 7.11 Å². The van der Waals surface area contributed by atoms with Crippen LogP contribution in [-0.4, -0.2) is 18.2 Å². The highest BCUT2D eigenvalue weighted by molar-refractivity contribution is 8.13. The summed E-state index contributed by atoms with van der Waals surface area (Å²) >= 11 is 1.15. The first-order chi connectivity index (χ1) is 7.54. The van der Waals surface area contributed by atoms with Crippen LogP contribution < -0.4 is 0 Å². The van der Waals surface area contributed by atoms with E-state index in [1.54, 1.807) is 24.3 Å². The molecule has 0 fully saturated rings. The Kier molecular flexibility index (Phi) is 4.55. The van der Waals surface area contributed by atoms with E-state index in [0.717, 1.165) is 16.7 Å². The summed E-state index contributed by atoms with van der Waals surface area (Å²) in [6.45, 7) is 3.69. The van der Waals surface area contributed by atoms with Crippen molar-refractivity contribution in [1.82, 2.24) is 0 Å². The molecule has 0 bridgehead atoms. The summed E-state index contributed by atoms with van der Waals surface area (Å²) in [5.74, 6) is -0.411. The molecule has 0 aliphatic heterocycles. The van der Waals surface area contributed by atoms with Gasteiger partial charge in [0.25, 0.3) is 0 Å². The number of esters is 1. The van der Waals surface area contributed by atoms with E-state index in [4.69, 9.17) is 0 Å². The van der Waals surface area contributed by atoms with Crippen molar-refractivity contribution in [1.29, 1.82) is 0 Å². The maximum Gasteiger partial charge on any atom is 0.337 e. The third-order valence-corrected chi connectivity index (χ3v) is 3.11. The molecule has 0 unspecified atom stereocenters. The SMILES string of the molecule is COC(=O)c1cccc(SC(=O)C(C)C)c1. The zero-order valence-corrected chi connectivity index (χ0v) is 10.3. The van der Waals surface area contributed by atoms with Gasteiger partial charge >= 0.3 is 5.97 Å². The summed E-state index contributed by atoms with van der Waals surface area (Å²) in [6, 6.07) is 6.87. The van der Waals surface area contributed by atoms with Crippen LogP contribution in [0.4, 0.5) is 0 Å². The fourth-order valence-corrected chi connectivity index (χ4v) is 1.84. The molecule has 0 heterocycles. The number of rotatable bonds is 3. The standard InChI is InChI=1S/C12H14O3S/c1-8(2)12(14)16-10-6-4-5-9(7-10)11(13)15-3/h4-8H,1-3H3. The fraction of sp³-hybridized carbons (Fsp3) is 0.333. The van der Waals surface area contributed by atoms with Gasteiger partial charge in [-0.1, -0.05) is 31.7 Å². The molecule has 4 heteroatoms. The minimum absolute atomic E-state index is 0.0215. The van der Waals surface area contributed by atoms with E-state index in [1.807, 2.05) is 13.8 Å². The lowest BCUT2D eigenvalue weighted by molar-refractivity contribution is -0.113. The Balaban J connectivity index is 2.83. The smallest absolute Gasteiger partial charge is 0.337 e.